The Kier molecular flexibility index (Phi) is 8.79. The van der Waals surface area contributed by atoms with E-state index in [0.717, 1.165) is 28.0 Å². The quantitative estimate of drug-likeness (QED) is 0.585. The molecular weight excluding hydrogens is 415 g/mol. The van der Waals surface area contributed by atoms with Gasteiger partial charge in [-0.2, -0.15) is 0 Å². The number of nitrogens with two attached hydrogens (primary N) is 2. The normalized spacial score (nSPS) is 14.3. The molecule has 0 aliphatic heterocycles. The number of fused-ring (bicyclic) bond motifs is 2. The van der Waals surface area contributed by atoms with Crippen LogP contribution in [0.3, 0.4) is 0 Å². The molecule has 3 aromatic rings. The largest absolute Gasteiger partial charge is 0.382 e. The van der Waals surface area contributed by atoms with Crippen molar-refractivity contribution in [3.63, 3.8) is 0 Å². The molecule has 1 aliphatic carbocycles. The van der Waals surface area contributed by atoms with Gasteiger partial charge in [0.2, 0.25) is 5.91 Å². The number of anilines is 1. The van der Waals surface area contributed by atoms with Crippen LogP contribution in [0.4, 0.5) is 10.2 Å². The first-order valence-corrected chi connectivity index (χ1v) is 11.5. The van der Waals surface area contributed by atoms with Gasteiger partial charge in [-0.25, -0.2) is 19.3 Å². The summed E-state index contributed by atoms with van der Waals surface area (Å²) in [7, 11) is 0. The number of primary amides is 1. The predicted molar refractivity (Wildman–Crippen MR) is 124 cm³/mol. The van der Waals surface area contributed by atoms with Gasteiger partial charge < -0.3 is 16.0 Å². The van der Waals surface area contributed by atoms with Crippen molar-refractivity contribution in [2.75, 3.05) is 5.73 Å². The molecule has 2 heterocycles. The van der Waals surface area contributed by atoms with Crippen LogP contribution in [0.5, 0.6) is 0 Å². The average Bonchev–Trinajstić information content (AvgIpc) is 3.30. The molecule has 4 N–H and O–H groups in total. The number of amides is 1. The molecule has 0 radical (unpaired) electrons. The summed E-state index contributed by atoms with van der Waals surface area (Å²) in [6.07, 6.45) is 1.90. The zero-order valence-electron chi connectivity index (χ0n) is 18.8. The zero-order chi connectivity index (χ0) is 23.1. The lowest BCUT2D eigenvalue weighted by molar-refractivity contribution is -0.118. The average molecular weight is 447 g/mol. The second-order valence-electron chi connectivity index (χ2n) is 6.62. The van der Waals surface area contributed by atoms with Crippen molar-refractivity contribution in [2.45, 2.75) is 76.6 Å². The first-order chi connectivity index (χ1) is 14.9. The Balaban J connectivity index is 0.000000807. The summed E-state index contributed by atoms with van der Waals surface area (Å²) >= 11 is 1.40. The summed E-state index contributed by atoms with van der Waals surface area (Å²) in [5, 5.41) is 0.620. The van der Waals surface area contributed by atoms with E-state index in [4.69, 9.17) is 11.5 Å². The Morgan fingerprint density at radius 3 is 2.65 bits per heavy atom. The molecule has 31 heavy (non-hydrogen) atoms. The molecule has 2 aromatic heterocycles. The third-order valence-corrected chi connectivity index (χ3v) is 5.90. The van der Waals surface area contributed by atoms with Crippen molar-refractivity contribution in [1.29, 1.82) is 0 Å². The topological polar surface area (TPSA) is 113 Å². The van der Waals surface area contributed by atoms with Crippen LogP contribution in [0, 0.1) is 6.92 Å². The summed E-state index contributed by atoms with van der Waals surface area (Å²) < 4.78 is 16.0. The number of halogens is 1. The Morgan fingerprint density at radius 2 is 1.97 bits per heavy atom. The van der Waals surface area contributed by atoms with Gasteiger partial charge in [0, 0.05) is 17.9 Å². The van der Waals surface area contributed by atoms with Crippen molar-refractivity contribution in [3.8, 4) is 0 Å². The van der Waals surface area contributed by atoms with Gasteiger partial charge in [0.25, 0.3) is 0 Å². The second kappa shape index (κ2) is 11.1. The van der Waals surface area contributed by atoms with Crippen molar-refractivity contribution in [2.24, 2.45) is 5.73 Å². The summed E-state index contributed by atoms with van der Waals surface area (Å²) in [6.45, 7) is 10.3. The molecule has 0 bridgehead atoms. The van der Waals surface area contributed by atoms with Crippen LogP contribution >= 0.6 is 11.8 Å². The van der Waals surface area contributed by atoms with E-state index >= 15 is 0 Å². The minimum absolute atomic E-state index is 0.151. The van der Waals surface area contributed by atoms with Crippen LogP contribution in [-0.2, 0) is 17.8 Å². The van der Waals surface area contributed by atoms with E-state index in [1.165, 1.54) is 18.1 Å². The van der Waals surface area contributed by atoms with Gasteiger partial charge >= 0.3 is 0 Å². The molecule has 1 unspecified atom stereocenters. The van der Waals surface area contributed by atoms with E-state index in [9.17, 15) is 9.18 Å². The van der Waals surface area contributed by atoms with Gasteiger partial charge in [0.1, 0.15) is 12.5 Å². The van der Waals surface area contributed by atoms with Crippen molar-refractivity contribution < 1.29 is 9.18 Å². The van der Waals surface area contributed by atoms with E-state index in [1.807, 2.05) is 51.3 Å². The van der Waals surface area contributed by atoms with Crippen LogP contribution in [0.15, 0.2) is 28.5 Å². The van der Waals surface area contributed by atoms with Crippen LogP contribution in [0.1, 0.15) is 63.4 Å². The third kappa shape index (κ3) is 5.33. The first kappa shape index (κ1) is 24.6. The smallest absolute Gasteiger partial charge is 0.219 e. The highest BCUT2D eigenvalue weighted by Gasteiger charge is 2.24. The van der Waals surface area contributed by atoms with Gasteiger partial charge in [0.05, 0.1) is 0 Å². The highest BCUT2D eigenvalue weighted by atomic mass is 32.2. The number of aryl methyl sites for hydroxylation is 3. The fraction of sp³-hybridized carbons (Fsp3) is 0.455. The Hall–Kier alpha value is -2.68. The minimum atomic E-state index is -0.921. The van der Waals surface area contributed by atoms with Gasteiger partial charge in [-0.1, -0.05) is 45.5 Å². The summed E-state index contributed by atoms with van der Waals surface area (Å²) in [5.41, 5.74) is 15.1. The molecule has 0 saturated heterocycles. The van der Waals surface area contributed by atoms with Crippen LogP contribution < -0.4 is 11.5 Å². The number of rotatable bonds is 5. The van der Waals surface area contributed by atoms with Gasteiger partial charge in [-0.05, 0) is 42.5 Å². The molecule has 0 spiro atoms. The number of carbonyl (C=O) groups is 1. The molecular formula is C22H31FN6OS. The van der Waals surface area contributed by atoms with Gasteiger partial charge in [-0.3, -0.25) is 4.79 Å². The van der Waals surface area contributed by atoms with Crippen LogP contribution in [0.25, 0.3) is 11.2 Å². The maximum atomic E-state index is 14.2. The maximum absolute atomic E-state index is 14.2. The predicted octanol–water partition coefficient (Wildman–Crippen LogP) is 4.75. The fourth-order valence-electron chi connectivity index (χ4n) is 3.35. The molecule has 1 aliphatic rings. The van der Waals surface area contributed by atoms with E-state index < -0.39 is 12.1 Å². The number of nitrogen functional groups attached to an aromatic ring is 1. The summed E-state index contributed by atoms with van der Waals surface area (Å²) in [5.74, 6) is -0.141. The molecule has 4 rings (SSSR count). The monoisotopic (exact) mass is 446 g/mol. The lowest BCUT2D eigenvalue weighted by Gasteiger charge is -2.11. The third-order valence-electron chi connectivity index (χ3n) is 4.75. The minimum Gasteiger partial charge on any atom is -0.382 e. The molecule has 168 valence electrons. The fourth-order valence-corrected chi connectivity index (χ4v) is 4.38. The molecule has 9 heteroatoms. The lowest BCUT2D eigenvalue weighted by atomic mass is 10.1. The highest BCUT2D eigenvalue weighted by Crippen LogP contribution is 2.40. The number of alkyl halides is 1. The van der Waals surface area contributed by atoms with E-state index in [-0.39, 0.29) is 12.2 Å². The van der Waals surface area contributed by atoms with E-state index in [2.05, 4.69) is 15.0 Å². The number of aromatic nitrogens is 4. The second-order valence-corrected chi connectivity index (χ2v) is 7.63. The van der Waals surface area contributed by atoms with Crippen molar-refractivity contribution in [3.05, 3.63) is 35.2 Å². The lowest BCUT2D eigenvalue weighted by Crippen LogP contribution is -2.14. The molecule has 0 fully saturated rings. The number of imidazole rings is 1. The molecule has 1 aromatic carbocycles. The Bertz CT molecular complexity index is 1050. The van der Waals surface area contributed by atoms with Gasteiger partial charge in [0.15, 0.2) is 22.1 Å². The summed E-state index contributed by atoms with van der Waals surface area (Å²) in [4.78, 5) is 25.0. The Labute approximate surface area is 186 Å². The van der Waals surface area contributed by atoms with E-state index in [1.54, 1.807) is 0 Å². The molecule has 0 saturated carbocycles. The maximum Gasteiger partial charge on any atom is 0.219 e. The number of hydrogen-bond donors (Lipinski definition) is 2. The van der Waals surface area contributed by atoms with E-state index in [0.29, 0.717) is 29.3 Å². The molecule has 1 amide bonds. The van der Waals surface area contributed by atoms with Crippen LogP contribution in [-0.4, -0.2) is 25.4 Å². The standard InChI is InChI=1S/C18H19FN6OS.2C2H6/c1-9-6-10-2-3-12(19)11(10)7-13(9)27-18-24-15-16(21)22-8-23-17(15)25(18)5-4-14(20)26;2*1-2/h6-8,12H,2-5H2,1H3,(H2,20,26)(H2,21,22,23);2*1-2H3. The molecule has 7 nitrogen and oxygen atoms in total. The van der Waals surface area contributed by atoms with Crippen molar-refractivity contribution in [1.82, 2.24) is 19.5 Å². The Morgan fingerprint density at radius 1 is 1.26 bits per heavy atom. The summed E-state index contributed by atoms with van der Waals surface area (Å²) in [6, 6.07) is 3.95. The van der Waals surface area contributed by atoms with Crippen LogP contribution in [0.2, 0.25) is 0 Å². The SMILES string of the molecule is CC.CC.Cc1cc2c(cc1Sc1nc3c(N)ncnc3n1CCC(N)=O)C(F)CC2. The first-order valence-electron chi connectivity index (χ1n) is 10.6. The highest BCUT2D eigenvalue weighted by molar-refractivity contribution is 7.99. The number of carbonyl (C=O) groups excluding carboxylic acids is 1. The number of hydrogen-bond acceptors (Lipinski definition) is 6. The van der Waals surface area contributed by atoms with Crippen molar-refractivity contribution >= 4 is 34.7 Å². The van der Waals surface area contributed by atoms with Gasteiger partial charge in [-0.15, -0.1) is 0 Å². The number of nitrogens with zero attached hydrogens (tertiary/aromatic N) is 4. The number of benzene rings is 1. The zero-order valence-corrected chi connectivity index (χ0v) is 19.6. The molecule has 1 atom stereocenters.